The van der Waals surface area contributed by atoms with Crippen LogP contribution in [0.15, 0.2) is 35.6 Å². The summed E-state index contributed by atoms with van der Waals surface area (Å²) in [5.41, 5.74) is 1.01. The fourth-order valence-corrected chi connectivity index (χ4v) is 0.604. The van der Waals surface area contributed by atoms with Gasteiger partial charge in [-0.15, -0.1) is 0 Å². The number of rotatable bonds is 3. The minimum atomic E-state index is 0.986. The third-order valence-corrected chi connectivity index (χ3v) is 1.50. The molecule has 0 spiro atoms. The molecule has 0 rings (SSSR count). The van der Waals surface area contributed by atoms with E-state index >= 15 is 0 Å². The highest BCUT2D eigenvalue weighted by Crippen LogP contribution is 2.19. The lowest BCUT2D eigenvalue weighted by atomic mass is 10.3. The second-order valence-electron chi connectivity index (χ2n) is 1.49. The topological polar surface area (TPSA) is 0 Å². The minimum Gasteiger partial charge on any atom is -0.0991 e. The number of hydrogen-bond acceptors (Lipinski definition) is 1. The molecule has 0 aliphatic carbocycles. The summed E-state index contributed by atoms with van der Waals surface area (Å²) in [6.45, 7) is 12.9. The zero-order valence-electron chi connectivity index (χ0n) is 5.11. The van der Waals surface area contributed by atoms with Gasteiger partial charge in [0.1, 0.15) is 0 Å². The normalized spacial score (nSPS) is 8.12. The monoisotopic (exact) mass is 126 g/mol. The van der Waals surface area contributed by atoms with Crippen molar-refractivity contribution in [3.05, 3.63) is 35.6 Å². The Labute approximate surface area is 55.0 Å². The van der Waals surface area contributed by atoms with Crippen LogP contribution in [-0.2, 0) is 0 Å². The molecule has 0 amide bonds. The summed E-state index contributed by atoms with van der Waals surface area (Å²) in [4.78, 5) is 0.986. The van der Waals surface area contributed by atoms with Crippen LogP contribution in [0.3, 0.4) is 0 Å². The third-order valence-electron chi connectivity index (χ3n) is 0.702. The fourth-order valence-electron chi connectivity index (χ4n) is 0.201. The van der Waals surface area contributed by atoms with E-state index in [0.29, 0.717) is 0 Å². The molecule has 44 valence electrons. The van der Waals surface area contributed by atoms with Crippen LogP contribution in [0, 0.1) is 0 Å². The summed E-state index contributed by atoms with van der Waals surface area (Å²) in [6, 6.07) is 0. The molecule has 0 heterocycles. The van der Waals surface area contributed by atoms with Crippen molar-refractivity contribution in [2.24, 2.45) is 0 Å². The molecular weight excluding hydrogens is 116 g/mol. The fraction of sp³-hybridized carbons (Fsp3) is 0.143. The van der Waals surface area contributed by atoms with Crippen molar-refractivity contribution < 1.29 is 0 Å². The van der Waals surface area contributed by atoms with Gasteiger partial charge in [0.15, 0.2) is 0 Å². The van der Waals surface area contributed by atoms with Gasteiger partial charge >= 0.3 is 0 Å². The zero-order valence-corrected chi connectivity index (χ0v) is 5.92. The van der Waals surface area contributed by atoms with E-state index < -0.39 is 0 Å². The van der Waals surface area contributed by atoms with Crippen LogP contribution >= 0.6 is 11.8 Å². The van der Waals surface area contributed by atoms with Crippen LogP contribution in [0.4, 0.5) is 0 Å². The van der Waals surface area contributed by atoms with Gasteiger partial charge < -0.3 is 0 Å². The van der Waals surface area contributed by atoms with Crippen molar-refractivity contribution in [1.82, 2.24) is 0 Å². The summed E-state index contributed by atoms with van der Waals surface area (Å²) in [6.07, 6.45) is 0. The molecular formula is C7H10S. The van der Waals surface area contributed by atoms with Crippen LogP contribution < -0.4 is 0 Å². The maximum absolute atomic E-state index is 3.74. The Balaban J connectivity index is 3.65. The SMILES string of the molecule is C=CSC(=C)C(=C)C. The Kier molecular flexibility index (Phi) is 3.37. The van der Waals surface area contributed by atoms with Crippen LogP contribution in [0.1, 0.15) is 6.92 Å². The van der Waals surface area contributed by atoms with Gasteiger partial charge in [0, 0.05) is 4.91 Å². The summed E-state index contributed by atoms with van der Waals surface area (Å²) in [5, 5.41) is 1.75. The van der Waals surface area contributed by atoms with Gasteiger partial charge in [0.2, 0.25) is 0 Å². The number of allylic oxidation sites excluding steroid dienone is 1. The van der Waals surface area contributed by atoms with Crippen molar-refractivity contribution in [3.63, 3.8) is 0 Å². The average molecular weight is 126 g/mol. The van der Waals surface area contributed by atoms with Crippen molar-refractivity contribution in [3.8, 4) is 0 Å². The molecule has 0 radical (unpaired) electrons. The van der Waals surface area contributed by atoms with Gasteiger partial charge in [0.05, 0.1) is 0 Å². The molecule has 0 aromatic carbocycles. The Morgan fingerprint density at radius 1 is 1.50 bits per heavy atom. The predicted octanol–water partition coefficient (Wildman–Crippen LogP) is 2.95. The predicted molar refractivity (Wildman–Crippen MR) is 41.7 cm³/mol. The van der Waals surface area contributed by atoms with Gasteiger partial charge in [-0.05, 0) is 17.9 Å². The lowest BCUT2D eigenvalue weighted by molar-refractivity contribution is 1.55. The second kappa shape index (κ2) is 3.56. The van der Waals surface area contributed by atoms with E-state index in [1.807, 2.05) is 6.92 Å². The van der Waals surface area contributed by atoms with E-state index in [0.717, 1.165) is 10.5 Å². The minimum absolute atomic E-state index is 0.986. The lowest BCUT2D eigenvalue weighted by Gasteiger charge is -1.95. The van der Waals surface area contributed by atoms with E-state index in [1.165, 1.54) is 11.8 Å². The Hall–Kier alpha value is -0.430. The van der Waals surface area contributed by atoms with Crippen LogP contribution in [-0.4, -0.2) is 0 Å². The van der Waals surface area contributed by atoms with Gasteiger partial charge in [0.25, 0.3) is 0 Å². The third kappa shape index (κ3) is 2.69. The van der Waals surface area contributed by atoms with E-state index in [2.05, 4.69) is 19.7 Å². The molecule has 0 fully saturated rings. The highest BCUT2D eigenvalue weighted by Gasteiger charge is 1.88. The Morgan fingerprint density at radius 3 is 2.12 bits per heavy atom. The second-order valence-corrected chi connectivity index (χ2v) is 2.55. The number of hydrogen-bond donors (Lipinski definition) is 0. The standard InChI is InChI=1S/C7H10S/c1-5-8-7(4)6(2)3/h5H,1-2,4H2,3H3. The molecule has 0 saturated carbocycles. The van der Waals surface area contributed by atoms with E-state index in [1.54, 1.807) is 5.41 Å². The van der Waals surface area contributed by atoms with Crippen LogP contribution in [0.5, 0.6) is 0 Å². The van der Waals surface area contributed by atoms with Gasteiger partial charge in [-0.3, -0.25) is 0 Å². The smallest absolute Gasteiger partial charge is 0.00670 e. The first-order chi connectivity index (χ1) is 3.68. The Morgan fingerprint density at radius 2 is 2.00 bits per heavy atom. The molecule has 0 nitrogen and oxygen atoms in total. The summed E-state index contributed by atoms with van der Waals surface area (Å²) in [7, 11) is 0. The van der Waals surface area contributed by atoms with Crippen molar-refractivity contribution in [1.29, 1.82) is 0 Å². The van der Waals surface area contributed by atoms with E-state index in [9.17, 15) is 0 Å². The van der Waals surface area contributed by atoms with Gasteiger partial charge in [-0.25, -0.2) is 0 Å². The molecule has 0 aromatic heterocycles. The highest BCUT2D eigenvalue weighted by atomic mass is 32.2. The van der Waals surface area contributed by atoms with Crippen LogP contribution in [0.2, 0.25) is 0 Å². The summed E-state index contributed by atoms with van der Waals surface area (Å²) in [5.74, 6) is 0. The van der Waals surface area contributed by atoms with Gasteiger partial charge in [-0.2, -0.15) is 0 Å². The highest BCUT2D eigenvalue weighted by molar-refractivity contribution is 8.06. The first kappa shape index (κ1) is 7.57. The van der Waals surface area contributed by atoms with Crippen molar-refractivity contribution in [2.45, 2.75) is 6.92 Å². The van der Waals surface area contributed by atoms with Crippen LogP contribution in [0.25, 0.3) is 0 Å². The maximum atomic E-state index is 3.74. The first-order valence-corrected chi connectivity index (χ1v) is 3.18. The average Bonchev–Trinajstić information content (AvgIpc) is 1.67. The van der Waals surface area contributed by atoms with Gasteiger partial charge in [-0.1, -0.05) is 31.5 Å². The molecule has 0 aliphatic rings. The number of thioether (sulfide) groups is 1. The van der Waals surface area contributed by atoms with E-state index in [-0.39, 0.29) is 0 Å². The zero-order chi connectivity index (χ0) is 6.57. The van der Waals surface area contributed by atoms with Crippen molar-refractivity contribution >= 4 is 11.8 Å². The molecule has 0 saturated heterocycles. The van der Waals surface area contributed by atoms with Crippen molar-refractivity contribution in [2.75, 3.05) is 0 Å². The molecule has 0 unspecified atom stereocenters. The first-order valence-electron chi connectivity index (χ1n) is 2.31. The molecule has 8 heavy (non-hydrogen) atoms. The molecule has 0 bridgehead atoms. The molecule has 0 aliphatic heterocycles. The lowest BCUT2D eigenvalue weighted by Crippen LogP contribution is -1.68. The molecule has 1 heteroatoms. The molecule has 0 aromatic rings. The molecule has 0 atom stereocenters. The van der Waals surface area contributed by atoms with E-state index in [4.69, 9.17) is 0 Å². The summed E-state index contributed by atoms with van der Waals surface area (Å²) < 4.78 is 0. The quantitative estimate of drug-likeness (QED) is 0.524. The maximum Gasteiger partial charge on any atom is 0.00670 e. The Bertz CT molecular complexity index is 122. The molecule has 0 N–H and O–H groups in total. The summed E-state index contributed by atoms with van der Waals surface area (Å²) >= 11 is 1.51. The largest absolute Gasteiger partial charge is 0.0991 e.